The van der Waals surface area contributed by atoms with Gasteiger partial charge in [-0.2, -0.15) is 13.2 Å². The standard InChI is InChI=1S/C21H17ClF4N2O2/c22-14-3-6-17-16(9-14)18(10-19(28-17)21(24,25)26)27-11-20(12-29-7-8-30-20)13-1-4-15(23)5-2-13/h1-6,9-10H,7-8,11-12H2,(H,27,28). The number of halogens is 5. The van der Waals surface area contributed by atoms with E-state index >= 15 is 0 Å². The summed E-state index contributed by atoms with van der Waals surface area (Å²) in [5, 5.41) is 3.87. The number of pyridine rings is 1. The molecule has 3 aromatic rings. The fraction of sp³-hybridized carbons (Fsp3) is 0.286. The average molecular weight is 441 g/mol. The van der Waals surface area contributed by atoms with Gasteiger partial charge < -0.3 is 14.8 Å². The van der Waals surface area contributed by atoms with Crippen LogP contribution in [0.5, 0.6) is 0 Å². The van der Waals surface area contributed by atoms with Crippen molar-refractivity contribution in [1.29, 1.82) is 0 Å². The van der Waals surface area contributed by atoms with Crippen molar-refractivity contribution in [3.8, 4) is 0 Å². The van der Waals surface area contributed by atoms with Crippen molar-refractivity contribution >= 4 is 28.2 Å². The first-order valence-electron chi connectivity index (χ1n) is 9.16. The summed E-state index contributed by atoms with van der Waals surface area (Å²) in [4.78, 5) is 3.71. The largest absolute Gasteiger partial charge is 0.433 e. The van der Waals surface area contributed by atoms with Gasteiger partial charge in [0, 0.05) is 16.1 Å². The van der Waals surface area contributed by atoms with E-state index < -0.39 is 23.3 Å². The van der Waals surface area contributed by atoms with Crippen molar-refractivity contribution in [2.75, 3.05) is 31.7 Å². The van der Waals surface area contributed by atoms with Crippen LogP contribution in [0.25, 0.3) is 10.9 Å². The van der Waals surface area contributed by atoms with Gasteiger partial charge in [0.2, 0.25) is 0 Å². The summed E-state index contributed by atoms with van der Waals surface area (Å²) >= 11 is 6.05. The fourth-order valence-electron chi connectivity index (χ4n) is 3.43. The normalized spacial score (nSPS) is 19.8. The lowest BCUT2D eigenvalue weighted by atomic mass is 9.93. The minimum absolute atomic E-state index is 0.0988. The van der Waals surface area contributed by atoms with Gasteiger partial charge >= 0.3 is 6.18 Å². The zero-order chi connectivity index (χ0) is 21.4. The van der Waals surface area contributed by atoms with E-state index in [0.717, 1.165) is 6.07 Å². The Morgan fingerprint density at radius 3 is 2.50 bits per heavy atom. The predicted molar refractivity (Wildman–Crippen MR) is 105 cm³/mol. The van der Waals surface area contributed by atoms with Crippen LogP contribution in [0.4, 0.5) is 23.2 Å². The lowest BCUT2D eigenvalue weighted by Gasteiger charge is -2.38. The Balaban J connectivity index is 1.73. The van der Waals surface area contributed by atoms with Gasteiger partial charge in [0.1, 0.15) is 17.1 Å². The first kappa shape index (κ1) is 20.8. The summed E-state index contributed by atoms with van der Waals surface area (Å²) in [5.41, 5.74) is -0.975. The molecule has 158 valence electrons. The molecule has 0 spiro atoms. The number of anilines is 1. The Hall–Kier alpha value is -2.42. The Kier molecular flexibility index (Phi) is 5.57. The molecule has 0 radical (unpaired) electrons. The quantitative estimate of drug-likeness (QED) is 0.552. The number of hydrogen-bond acceptors (Lipinski definition) is 4. The van der Waals surface area contributed by atoms with E-state index in [1.54, 1.807) is 18.2 Å². The van der Waals surface area contributed by atoms with Crippen LogP contribution in [0.15, 0.2) is 48.5 Å². The molecule has 1 aromatic heterocycles. The van der Waals surface area contributed by atoms with E-state index in [4.69, 9.17) is 21.1 Å². The summed E-state index contributed by atoms with van der Waals surface area (Å²) in [6, 6.07) is 11.2. The van der Waals surface area contributed by atoms with Crippen LogP contribution in [-0.4, -0.2) is 31.3 Å². The second-order valence-electron chi connectivity index (χ2n) is 6.97. The monoisotopic (exact) mass is 440 g/mol. The molecule has 1 fully saturated rings. The van der Waals surface area contributed by atoms with Crippen LogP contribution in [-0.2, 0) is 21.3 Å². The zero-order valence-electron chi connectivity index (χ0n) is 15.6. The molecule has 4 nitrogen and oxygen atoms in total. The maximum Gasteiger partial charge on any atom is 0.433 e. The first-order valence-corrected chi connectivity index (χ1v) is 9.54. The summed E-state index contributed by atoms with van der Waals surface area (Å²) in [6.45, 7) is 0.966. The van der Waals surface area contributed by atoms with Crippen molar-refractivity contribution in [3.63, 3.8) is 0 Å². The Labute approximate surface area is 174 Å². The molecule has 30 heavy (non-hydrogen) atoms. The van der Waals surface area contributed by atoms with E-state index in [1.807, 2.05) is 0 Å². The van der Waals surface area contributed by atoms with E-state index in [0.29, 0.717) is 29.2 Å². The molecule has 1 saturated heterocycles. The molecule has 2 aromatic carbocycles. The molecule has 0 saturated carbocycles. The molecule has 0 amide bonds. The molecule has 1 aliphatic rings. The van der Waals surface area contributed by atoms with Gasteiger partial charge in [-0.1, -0.05) is 23.7 Å². The third-order valence-electron chi connectivity index (χ3n) is 4.94. The lowest BCUT2D eigenvalue weighted by Crippen LogP contribution is -2.46. The second kappa shape index (κ2) is 8.02. The van der Waals surface area contributed by atoms with Gasteiger partial charge in [0.15, 0.2) is 0 Å². The summed E-state index contributed by atoms with van der Waals surface area (Å²) in [5.74, 6) is -0.400. The number of nitrogens with one attached hydrogen (secondary N) is 1. The van der Waals surface area contributed by atoms with Crippen LogP contribution in [0, 0.1) is 5.82 Å². The Bertz CT molecular complexity index is 1050. The van der Waals surface area contributed by atoms with Gasteiger partial charge in [-0.15, -0.1) is 0 Å². The van der Waals surface area contributed by atoms with E-state index in [-0.39, 0.29) is 24.4 Å². The van der Waals surface area contributed by atoms with Gasteiger partial charge in [-0.05, 0) is 42.0 Å². The van der Waals surface area contributed by atoms with Crippen LogP contribution in [0.3, 0.4) is 0 Å². The number of aromatic nitrogens is 1. The van der Waals surface area contributed by atoms with Crippen molar-refractivity contribution in [3.05, 3.63) is 70.6 Å². The fourth-order valence-corrected chi connectivity index (χ4v) is 3.60. The summed E-state index contributed by atoms with van der Waals surface area (Å²) in [7, 11) is 0. The zero-order valence-corrected chi connectivity index (χ0v) is 16.4. The SMILES string of the molecule is Fc1ccc(C2(CNc3cc(C(F)(F)F)nc4ccc(Cl)cc34)COCCO2)cc1. The molecule has 0 aliphatic carbocycles. The van der Waals surface area contributed by atoms with E-state index in [2.05, 4.69) is 10.3 Å². The minimum atomic E-state index is -4.61. The van der Waals surface area contributed by atoms with Crippen LogP contribution in [0.2, 0.25) is 5.02 Å². The molecule has 9 heteroatoms. The molecule has 2 heterocycles. The Morgan fingerprint density at radius 2 is 1.83 bits per heavy atom. The topological polar surface area (TPSA) is 43.4 Å². The van der Waals surface area contributed by atoms with Crippen molar-refractivity contribution < 1.29 is 27.0 Å². The highest BCUT2D eigenvalue weighted by atomic mass is 35.5. The van der Waals surface area contributed by atoms with Crippen molar-refractivity contribution in [2.45, 2.75) is 11.8 Å². The molecule has 1 unspecified atom stereocenters. The number of ether oxygens (including phenoxy) is 2. The highest BCUT2D eigenvalue weighted by molar-refractivity contribution is 6.31. The summed E-state index contributed by atoms with van der Waals surface area (Å²) in [6.07, 6.45) is -4.61. The maximum absolute atomic E-state index is 13.4. The molecule has 1 aliphatic heterocycles. The van der Waals surface area contributed by atoms with Crippen LogP contribution < -0.4 is 5.32 Å². The van der Waals surface area contributed by atoms with Crippen LogP contribution >= 0.6 is 11.6 Å². The number of alkyl halides is 3. The third-order valence-corrected chi connectivity index (χ3v) is 5.17. The molecule has 1 atom stereocenters. The van der Waals surface area contributed by atoms with Gasteiger partial charge in [-0.25, -0.2) is 9.37 Å². The lowest BCUT2D eigenvalue weighted by molar-refractivity contribution is -0.155. The smallest absolute Gasteiger partial charge is 0.381 e. The van der Waals surface area contributed by atoms with Gasteiger partial charge in [0.25, 0.3) is 0 Å². The number of nitrogens with zero attached hydrogens (tertiary/aromatic N) is 1. The number of fused-ring (bicyclic) bond motifs is 1. The number of rotatable bonds is 4. The third kappa shape index (κ3) is 4.21. The first-order chi connectivity index (χ1) is 14.3. The van der Waals surface area contributed by atoms with Crippen LogP contribution in [0.1, 0.15) is 11.3 Å². The maximum atomic E-state index is 13.4. The molecular formula is C21H17ClF4N2O2. The number of benzene rings is 2. The van der Waals surface area contributed by atoms with Crippen molar-refractivity contribution in [2.24, 2.45) is 0 Å². The number of hydrogen-bond donors (Lipinski definition) is 1. The molecular weight excluding hydrogens is 424 g/mol. The highest BCUT2D eigenvalue weighted by Gasteiger charge is 2.37. The average Bonchev–Trinajstić information content (AvgIpc) is 2.72. The van der Waals surface area contributed by atoms with Gasteiger partial charge in [0.05, 0.1) is 31.9 Å². The second-order valence-corrected chi connectivity index (χ2v) is 7.41. The highest BCUT2D eigenvalue weighted by Crippen LogP contribution is 2.36. The molecule has 1 N–H and O–H groups in total. The Morgan fingerprint density at radius 1 is 1.07 bits per heavy atom. The summed E-state index contributed by atoms with van der Waals surface area (Å²) < 4.78 is 65.0. The predicted octanol–water partition coefficient (Wildman–Crippen LogP) is 5.40. The molecule has 4 rings (SSSR count). The minimum Gasteiger partial charge on any atom is -0.381 e. The molecule has 0 bridgehead atoms. The van der Waals surface area contributed by atoms with Gasteiger partial charge in [-0.3, -0.25) is 0 Å². The van der Waals surface area contributed by atoms with E-state index in [9.17, 15) is 17.6 Å². The van der Waals surface area contributed by atoms with E-state index in [1.165, 1.54) is 24.3 Å². The van der Waals surface area contributed by atoms with Crippen molar-refractivity contribution in [1.82, 2.24) is 4.98 Å².